The van der Waals surface area contributed by atoms with E-state index in [2.05, 4.69) is 25.3 Å². The van der Waals surface area contributed by atoms with Crippen LogP contribution >= 0.6 is 0 Å². The van der Waals surface area contributed by atoms with Crippen LogP contribution in [0.3, 0.4) is 0 Å². The molecule has 30 heavy (non-hydrogen) atoms. The summed E-state index contributed by atoms with van der Waals surface area (Å²) < 4.78 is 5.32. The van der Waals surface area contributed by atoms with Gasteiger partial charge in [0.1, 0.15) is 0 Å². The van der Waals surface area contributed by atoms with E-state index in [0.29, 0.717) is 25.4 Å². The van der Waals surface area contributed by atoms with Gasteiger partial charge in [-0.1, -0.05) is 49.3 Å². The summed E-state index contributed by atoms with van der Waals surface area (Å²) in [7, 11) is 0. The van der Waals surface area contributed by atoms with Crippen molar-refractivity contribution in [3.8, 4) is 0 Å². The molecule has 1 atom stereocenters. The van der Waals surface area contributed by atoms with Crippen molar-refractivity contribution in [1.82, 2.24) is 25.3 Å². The summed E-state index contributed by atoms with van der Waals surface area (Å²) in [6.45, 7) is 9.73. The minimum Gasteiger partial charge on any atom is -0.345 e. The van der Waals surface area contributed by atoms with Gasteiger partial charge in [0.25, 0.3) is 0 Å². The molecule has 1 amide bonds. The summed E-state index contributed by atoms with van der Waals surface area (Å²) in [6.07, 6.45) is 0.512. The van der Waals surface area contributed by atoms with Crippen molar-refractivity contribution in [1.29, 1.82) is 0 Å². The third-order valence-electron chi connectivity index (χ3n) is 5.30. The molecule has 1 aliphatic heterocycles. The zero-order valence-electron chi connectivity index (χ0n) is 18.0. The van der Waals surface area contributed by atoms with Crippen molar-refractivity contribution in [3.05, 3.63) is 47.6 Å². The van der Waals surface area contributed by atoms with Crippen LogP contribution in [0, 0.1) is 0 Å². The second-order valence-corrected chi connectivity index (χ2v) is 8.17. The highest BCUT2D eigenvalue weighted by molar-refractivity contribution is 5.88. The van der Waals surface area contributed by atoms with Crippen LogP contribution in [-0.4, -0.2) is 70.4 Å². The molecule has 1 saturated heterocycles. The van der Waals surface area contributed by atoms with E-state index in [1.807, 2.05) is 44.2 Å². The summed E-state index contributed by atoms with van der Waals surface area (Å²) in [5.41, 5.74) is 1.04. The van der Waals surface area contributed by atoms with Crippen molar-refractivity contribution in [2.75, 3.05) is 32.7 Å². The van der Waals surface area contributed by atoms with Gasteiger partial charge in [-0.2, -0.15) is 4.98 Å². The van der Waals surface area contributed by atoms with Gasteiger partial charge in [0, 0.05) is 32.1 Å². The predicted octanol–water partition coefficient (Wildman–Crippen LogP) is 1.63. The van der Waals surface area contributed by atoms with Gasteiger partial charge in [0.15, 0.2) is 11.6 Å². The number of rotatable bonds is 9. The fourth-order valence-corrected chi connectivity index (χ4v) is 3.45. The van der Waals surface area contributed by atoms with E-state index in [4.69, 9.17) is 4.52 Å². The second-order valence-electron chi connectivity index (χ2n) is 8.17. The van der Waals surface area contributed by atoms with E-state index in [0.717, 1.165) is 37.6 Å². The van der Waals surface area contributed by atoms with Gasteiger partial charge in [-0.25, -0.2) is 0 Å². The predicted molar refractivity (Wildman–Crippen MR) is 113 cm³/mol. The Kier molecular flexibility index (Phi) is 7.70. The van der Waals surface area contributed by atoms with E-state index in [9.17, 15) is 9.59 Å². The molecule has 1 aliphatic rings. The highest BCUT2D eigenvalue weighted by atomic mass is 16.5. The first-order valence-corrected chi connectivity index (χ1v) is 10.5. The number of aromatic nitrogens is 2. The molecule has 0 spiro atoms. The molecule has 8 nitrogen and oxygen atoms in total. The summed E-state index contributed by atoms with van der Waals surface area (Å²) in [5.74, 6) is 1.47. The second kappa shape index (κ2) is 10.4. The number of hydrogen-bond donors (Lipinski definition) is 1. The topological polar surface area (TPSA) is 91.6 Å². The lowest BCUT2D eigenvalue weighted by atomic mass is 10.0. The first-order chi connectivity index (χ1) is 14.4. The van der Waals surface area contributed by atoms with Gasteiger partial charge in [-0.05, 0) is 18.9 Å². The first kappa shape index (κ1) is 22.1. The number of Topliss-reactive ketones (excluding diaryl/α,β-unsaturated/α-hetero) is 1. The SMILES string of the molecule is CC(=O)C(Cc1ccccc1)NC(=O)CN1CCN(Cc2nc(C(C)C)no2)CC1. The summed E-state index contributed by atoms with van der Waals surface area (Å²) in [4.78, 5) is 33.3. The molecular formula is C22H31N5O3. The van der Waals surface area contributed by atoms with E-state index < -0.39 is 6.04 Å². The number of benzene rings is 1. The number of amides is 1. The molecule has 3 rings (SSSR count). The zero-order valence-corrected chi connectivity index (χ0v) is 18.0. The van der Waals surface area contributed by atoms with Crippen LogP contribution in [0.2, 0.25) is 0 Å². The maximum Gasteiger partial charge on any atom is 0.240 e. The van der Waals surface area contributed by atoms with Gasteiger partial charge in [0.2, 0.25) is 11.8 Å². The monoisotopic (exact) mass is 413 g/mol. The Balaban J connectivity index is 1.43. The molecule has 1 fully saturated rings. The van der Waals surface area contributed by atoms with E-state index in [1.165, 1.54) is 6.92 Å². The maximum atomic E-state index is 12.5. The van der Waals surface area contributed by atoms with Crippen LogP contribution in [0.15, 0.2) is 34.9 Å². The number of nitrogens with one attached hydrogen (secondary N) is 1. The van der Waals surface area contributed by atoms with Crippen LogP contribution in [0.5, 0.6) is 0 Å². The Bertz CT molecular complexity index is 828. The Hall–Kier alpha value is -2.58. The van der Waals surface area contributed by atoms with Crippen LogP contribution in [0.1, 0.15) is 44.0 Å². The molecule has 0 bridgehead atoms. The Morgan fingerprint density at radius 2 is 1.77 bits per heavy atom. The van der Waals surface area contributed by atoms with E-state index in [-0.39, 0.29) is 17.6 Å². The summed E-state index contributed by atoms with van der Waals surface area (Å²) >= 11 is 0. The number of nitrogens with zero attached hydrogens (tertiary/aromatic N) is 4. The highest BCUT2D eigenvalue weighted by Crippen LogP contribution is 2.12. The summed E-state index contributed by atoms with van der Waals surface area (Å²) in [6, 6.07) is 9.25. The molecule has 8 heteroatoms. The number of hydrogen-bond acceptors (Lipinski definition) is 7. The molecule has 0 saturated carbocycles. The lowest BCUT2D eigenvalue weighted by Gasteiger charge is -2.33. The smallest absolute Gasteiger partial charge is 0.240 e. The number of carbonyl (C=O) groups excluding carboxylic acids is 2. The van der Waals surface area contributed by atoms with Crippen molar-refractivity contribution in [3.63, 3.8) is 0 Å². The third kappa shape index (κ3) is 6.47. The number of piperazine rings is 1. The minimum absolute atomic E-state index is 0.0302. The Morgan fingerprint density at radius 1 is 1.10 bits per heavy atom. The van der Waals surface area contributed by atoms with Crippen molar-refractivity contribution < 1.29 is 14.1 Å². The largest absolute Gasteiger partial charge is 0.345 e. The molecule has 1 aromatic carbocycles. The van der Waals surface area contributed by atoms with Gasteiger partial charge in [0.05, 0.1) is 19.1 Å². The molecule has 1 unspecified atom stereocenters. The van der Waals surface area contributed by atoms with Crippen molar-refractivity contribution >= 4 is 11.7 Å². The van der Waals surface area contributed by atoms with Gasteiger partial charge in [-0.3, -0.25) is 19.4 Å². The number of carbonyl (C=O) groups is 2. The molecule has 1 N–H and O–H groups in total. The molecule has 0 radical (unpaired) electrons. The highest BCUT2D eigenvalue weighted by Gasteiger charge is 2.23. The van der Waals surface area contributed by atoms with Crippen LogP contribution in [0.25, 0.3) is 0 Å². The molecular weight excluding hydrogens is 382 g/mol. The van der Waals surface area contributed by atoms with Crippen LogP contribution in [-0.2, 0) is 22.6 Å². The molecule has 2 aromatic rings. The molecule has 1 aromatic heterocycles. The molecule has 162 valence electrons. The fourth-order valence-electron chi connectivity index (χ4n) is 3.45. The maximum absolute atomic E-state index is 12.5. The lowest BCUT2D eigenvalue weighted by molar-refractivity contribution is -0.127. The lowest BCUT2D eigenvalue weighted by Crippen LogP contribution is -2.51. The molecule has 2 heterocycles. The molecule has 0 aliphatic carbocycles. The number of ketones is 1. The average Bonchev–Trinajstić information content (AvgIpc) is 3.18. The average molecular weight is 414 g/mol. The van der Waals surface area contributed by atoms with Gasteiger partial charge < -0.3 is 9.84 Å². The Morgan fingerprint density at radius 3 is 2.37 bits per heavy atom. The van der Waals surface area contributed by atoms with Crippen LogP contribution in [0.4, 0.5) is 0 Å². The standard InChI is InChI=1S/C22H31N5O3/c1-16(2)22-24-21(30-25-22)15-27-11-9-26(10-12-27)14-20(29)23-19(17(3)28)13-18-7-5-4-6-8-18/h4-8,16,19H,9-15H2,1-3H3,(H,23,29). The first-order valence-electron chi connectivity index (χ1n) is 10.5. The fraction of sp³-hybridized carbons (Fsp3) is 0.545. The Labute approximate surface area is 177 Å². The normalized spacial score (nSPS) is 16.5. The summed E-state index contributed by atoms with van der Waals surface area (Å²) in [5, 5.41) is 6.90. The van der Waals surface area contributed by atoms with Gasteiger partial charge >= 0.3 is 0 Å². The van der Waals surface area contributed by atoms with Crippen molar-refractivity contribution in [2.24, 2.45) is 0 Å². The zero-order chi connectivity index (χ0) is 21.5. The van der Waals surface area contributed by atoms with E-state index in [1.54, 1.807) is 0 Å². The quantitative estimate of drug-likeness (QED) is 0.668. The van der Waals surface area contributed by atoms with Crippen LogP contribution < -0.4 is 5.32 Å². The van der Waals surface area contributed by atoms with Gasteiger partial charge in [-0.15, -0.1) is 0 Å². The third-order valence-corrected chi connectivity index (χ3v) is 5.30. The van der Waals surface area contributed by atoms with E-state index >= 15 is 0 Å². The van der Waals surface area contributed by atoms with Crippen molar-refractivity contribution in [2.45, 2.75) is 45.7 Å². The minimum atomic E-state index is -0.492.